The third kappa shape index (κ3) is 3.59. The van der Waals surface area contributed by atoms with E-state index in [2.05, 4.69) is 43.7 Å². The van der Waals surface area contributed by atoms with Crippen LogP contribution < -0.4 is 9.64 Å². The van der Waals surface area contributed by atoms with E-state index in [9.17, 15) is 8.78 Å². The Hall–Kier alpha value is -2.69. The number of anilines is 1. The predicted octanol–water partition coefficient (Wildman–Crippen LogP) is 5.75. The molecule has 1 aliphatic rings. The zero-order valence-electron chi connectivity index (χ0n) is 16.3. The molecule has 0 saturated carbocycles. The summed E-state index contributed by atoms with van der Waals surface area (Å²) in [6, 6.07) is 7.33. The van der Waals surface area contributed by atoms with E-state index >= 15 is 0 Å². The highest BCUT2D eigenvalue weighted by molar-refractivity contribution is 5.92. The van der Waals surface area contributed by atoms with Gasteiger partial charge < -0.3 is 9.64 Å². The first-order valence-electron chi connectivity index (χ1n) is 8.95. The molecule has 0 amide bonds. The van der Waals surface area contributed by atoms with Gasteiger partial charge in [0.2, 0.25) is 0 Å². The number of rotatable bonds is 4. The Bertz CT molecular complexity index is 932. The lowest BCUT2D eigenvalue weighted by molar-refractivity contribution is 0.413. The molecule has 3 nitrogen and oxygen atoms in total. The van der Waals surface area contributed by atoms with Crippen molar-refractivity contribution in [2.24, 2.45) is 4.99 Å². The highest BCUT2D eigenvalue weighted by Crippen LogP contribution is 2.41. The minimum Gasteiger partial charge on any atom is -0.496 e. The molecule has 0 radical (unpaired) electrons. The van der Waals surface area contributed by atoms with Crippen molar-refractivity contribution < 1.29 is 13.5 Å². The van der Waals surface area contributed by atoms with Crippen LogP contribution >= 0.6 is 0 Å². The van der Waals surface area contributed by atoms with Crippen molar-refractivity contribution in [3.63, 3.8) is 0 Å². The molecule has 1 heterocycles. The van der Waals surface area contributed by atoms with Crippen LogP contribution in [0.2, 0.25) is 0 Å². The fourth-order valence-corrected chi connectivity index (χ4v) is 3.70. The van der Waals surface area contributed by atoms with Gasteiger partial charge in [-0.15, -0.1) is 0 Å². The van der Waals surface area contributed by atoms with Crippen molar-refractivity contribution in [2.75, 3.05) is 18.6 Å². The van der Waals surface area contributed by atoms with Crippen LogP contribution in [0.1, 0.15) is 38.8 Å². The molecule has 27 heavy (non-hydrogen) atoms. The lowest BCUT2D eigenvalue weighted by atomic mass is 9.88. The van der Waals surface area contributed by atoms with Crippen molar-refractivity contribution in [1.82, 2.24) is 0 Å². The second-order valence-corrected chi connectivity index (χ2v) is 7.19. The van der Waals surface area contributed by atoms with Gasteiger partial charge in [-0.3, -0.25) is 4.99 Å². The highest BCUT2D eigenvalue weighted by Gasteiger charge is 2.31. The maximum absolute atomic E-state index is 13.9. The number of nitrogens with zero attached hydrogens (tertiary/aromatic N) is 2. The number of fused-ring (bicyclic) bond motifs is 1. The summed E-state index contributed by atoms with van der Waals surface area (Å²) in [5, 5.41) is 0. The second-order valence-electron chi connectivity index (χ2n) is 7.19. The Kier molecular flexibility index (Phi) is 5.05. The Morgan fingerprint density at radius 3 is 2.56 bits per heavy atom. The molecule has 0 bridgehead atoms. The maximum Gasteiger partial charge on any atom is 0.151 e. The molecule has 0 aromatic heterocycles. The van der Waals surface area contributed by atoms with Crippen LogP contribution in [-0.4, -0.2) is 25.4 Å². The molecule has 5 heteroatoms. The monoisotopic (exact) mass is 370 g/mol. The Labute approximate surface area is 159 Å². The quantitative estimate of drug-likeness (QED) is 0.641. The Morgan fingerprint density at radius 2 is 1.93 bits per heavy atom. The molecule has 1 aliphatic heterocycles. The molecule has 0 aliphatic carbocycles. The van der Waals surface area contributed by atoms with Crippen LogP contribution in [0.25, 0.3) is 5.57 Å². The number of aliphatic imine (C=N–C) groups is 1. The van der Waals surface area contributed by atoms with Gasteiger partial charge in [0.05, 0.1) is 18.3 Å². The van der Waals surface area contributed by atoms with Crippen LogP contribution in [0.4, 0.5) is 20.2 Å². The molecule has 0 saturated heterocycles. The summed E-state index contributed by atoms with van der Waals surface area (Å²) >= 11 is 0. The van der Waals surface area contributed by atoms with Crippen molar-refractivity contribution in [1.29, 1.82) is 0 Å². The predicted molar refractivity (Wildman–Crippen MR) is 107 cm³/mol. The minimum absolute atomic E-state index is 0.0831. The van der Waals surface area contributed by atoms with Gasteiger partial charge >= 0.3 is 0 Å². The number of halogens is 2. The fourth-order valence-electron chi connectivity index (χ4n) is 3.70. The number of ether oxygens (including phenoxy) is 1. The van der Waals surface area contributed by atoms with Crippen LogP contribution in [0, 0.1) is 11.6 Å². The van der Waals surface area contributed by atoms with Gasteiger partial charge in [-0.25, -0.2) is 8.78 Å². The van der Waals surface area contributed by atoms with Crippen LogP contribution in [0.5, 0.6) is 5.75 Å². The number of allylic oxidation sites excluding steroid dienone is 1. The van der Waals surface area contributed by atoms with E-state index in [4.69, 9.17) is 4.74 Å². The Morgan fingerprint density at radius 1 is 1.19 bits per heavy atom. The average molecular weight is 370 g/mol. The number of benzene rings is 2. The molecular formula is C22H24F2N2O. The molecule has 0 spiro atoms. The third-order valence-corrected chi connectivity index (χ3v) is 4.90. The first-order chi connectivity index (χ1) is 12.8. The number of likely N-dealkylation sites (N-methyl/N-ethyl adjacent to an activating group) is 1. The molecule has 0 unspecified atom stereocenters. The van der Waals surface area contributed by atoms with E-state index in [1.54, 1.807) is 13.3 Å². The third-order valence-electron chi connectivity index (χ3n) is 4.90. The summed E-state index contributed by atoms with van der Waals surface area (Å²) in [4.78, 5) is 6.51. The molecule has 142 valence electrons. The molecule has 3 rings (SSSR count). The van der Waals surface area contributed by atoms with Gasteiger partial charge in [-0.2, -0.15) is 0 Å². The van der Waals surface area contributed by atoms with Gasteiger partial charge in [-0.05, 0) is 51.5 Å². The molecule has 0 N–H and O–H groups in total. The number of methoxy groups -OCH3 is 1. The molecule has 0 atom stereocenters. The van der Waals surface area contributed by atoms with E-state index in [-0.39, 0.29) is 11.2 Å². The molecule has 2 aromatic carbocycles. The molecule has 2 aromatic rings. The van der Waals surface area contributed by atoms with Crippen molar-refractivity contribution in [3.8, 4) is 5.75 Å². The average Bonchev–Trinajstić information content (AvgIpc) is 2.60. The highest BCUT2D eigenvalue weighted by atomic mass is 19.1. The van der Waals surface area contributed by atoms with E-state index in [0.29, 0.717) is 5.75 Å². The normalized spacial score (nSPS) is 15.7. The van der Waals surface area contributed by atoms with Crippen molar-refractivity contribution >= 4 is 23.2 Å². The van der Waals surface area contributed by atoms with Gasteiger partial charge in [0.1, 0.15) is 11.6 Å². The molecule has 0 fully saturated rings. The van der Waals surface area contributed by atoms with Gasteiger partial charge in [0.15, 0.2) is 5.82 Å². The van der Waals surface area contributed by atoms with Crippen molar-refractivity contribution in [3.05, 3.63) is 59.2 Å². The molecular weight excluding hydrogens is 346 g/mol. The standard InChI is InChI=1S/C22H24F2N2O/c1-6-26-20-11-21(27-5)15(9-17(20)14(2)12-22(26,3)4)13-25-19-8-7-16(23)10-18(19)24/h7-13H,6H2,1-5H3. The lowest BCUT2D eigenvalue weighted by Gasteiger charge is -2.43. The summed E-state index contributed by atoms with van der Waals surface area (Å²) in [5.74, 6) is -0.664. The van der Waals surface area contributed by atoms with Gasteiger partial charge in [0.25, 0.3) is 0 Å². The van der Waals surface area contributed by atoms with E-state index < -0.39 is 11.6 Å². The lowest BCUT2D eigenvalue weighted by Crippen LogP contribution is -2.44. The zero-order valence-corrected chi connectivity index (χ0v) is 16.3. The SMILES string of the molecule is CCN1c2cc(OC)c(C=Nc3ccc(F)cc3F)cc2C(C)=CC1(C)C. The summed E-state index contributed by atoms with van der Waals surface area (Å²) in [5.41, 5.74) is 4.10. The van der Waals surface area contributed by atoms with E-state index in [1.807, 2.05) is 12.1 Å². The van der Waals surface area contributed by atoms with E-state index in [1.165, 1.54) is 17.7 Å². The summed E-state index contributed by atoms with van der Waals surface area (Å²) in [6.45, 7) is 9.44. The summed E-state index contributed by atoms with van der Waals surface area (Å²) < 4.78 is 32.5. The van der Waals surface area contributed by atoms with Crippen LogP contribution in [-0.2, 0) is 0 Å². The van der Waals surface area contributed by atoms with Crippen LogP contribution in [0.3, 0.4) is 0 Å². The topological polar surface area (TPSA) is 24.8 Å². The Balaban J connectivity index is 2.08. The van der Waals surface area contributed by atoms with Crippen LogP contribution in [0.15, 0.2) is 41.4 Å². The zero-order chi connectivity index (χ0) is 19.8. The number of hydrogen-bond donors (Lipinski definition) is 0. The second kappa shape index (κ2) is 7.14. The first-order valence-corrected chi connectivity index (χ1v) is 8.95. The van der Waals surface area contributed by atoms with E-state index in [0.717, 1.165) is 29.4 Å². The van der Waals surface area contributed by atoms with Gasteiger partial charge in [-0.1, -0.05) is 6.08 Å². The number of hydrogen-bond acceptors (Lipinski definition) is 3. The van der Waals surface area contributed by atoms with Gasteiger partial charge in [0, 0.05) is 41.7 Å². The van der Waals surface area contributed by atoms with Crippen molar-refractivity contribution in [2.45, 2.75) is 33.2 Å². The summed E-state index contributed by atoms with van der Waals surface area (Å²) in [6.07, 6.45) is 3.80. The minimum atomic E-state index is -0.696. The maximum atomic E-state index is 13.9. The largest absolute Gasteiger partial charge is 0.496 e. The first kappa shape index (κ1) is 19.1. The summed E-state index contributed by atoms with van der Waals surface area (Å²) in [7, 11) is 1.60. The smallest absolute Gasteiger partial charge is 0.151 e. The fraction of sp³-hybridized carbons (Fsp3) is 0.318.